The standard InChI is InChI=1S/C15H21N3O3/c1-4-18-9-15(2,3)21-14(20)13(18)8-12(19)7-11-5-6-16-10-17-11/h5-6,10,13H,4,7-9H2,1-3H3. The molecule has 1 aliphatic heterocycles. The highest BCUT2D eigenvalue weighted by molar-refractivity contribution is 5.88. The smallest absolute Gasteiger partial charge is 0.324 e. The van der Waals surface area contributed by atoms with Crippen LogP contribution in [0.15, 0.2) is 18.6 Å². The van der Waals surface area contributed by atoms with Gasteiger partial charge in [-0.05, 0) is 26.5 Å². The number of aromatic nitrogens is 2. The Bertz CT molecular complexity index is 516. The minimum atomic E-state index is -0.501. The Morgan fingerprint density at radius 3 is 2.90 bits per heavy atom. The van der Waals surface area contributed by atoms with E-state index < -0.39 is 11.6 Å². The molecule has 1 saturated heterocycles. The third kappa shape index (κ3) is 4.07. The SMILES string of the molecule is CCN1CC(C)(C)OC(=O)C1CC(=O)Cc1ccncn1. The zero-order valence-electron chi connectivity index (χ0n) is 12.7. The summed E-state index contributed by atoms with van der Waals surface area (Å²) in [4.78, 5) is 34.1. The van der Waals surface area contributed by atoms with Crippen LogP contribution in [0.2, 0.25) is 0 Å². The van der Waals surface area contributed by atoms with E-state index in [4.69, 9.17) is 4.74 Å². The average Bonchev–Trinajstić information content (AvgIpc) is 2.42. The first-order valence-corrected chi connectivity index (χ1v) is 7.15. The summed E-state index contributed by atoms with van der Waals surface area (Å²) in [6.45, 7) is 7.10. The third-order valence-electron chi connectivity index (χ3n) is 3.52. The number of esters is 1. The Kier molecular flexibility index (Phi) is 4.67. The van der Waals surface area contributed by atoms with E-state index in [0.29, 0.717) is 18.8 Å². The fourth-order valence-corrected chi connectivity index (χ4v) is 2.58. The first kappa shape index (κ1) is 15.6. The van der Waals surface area contributed by atoms with Gasteiger partial charge in [-0.3, -0.25) is 14.5 Å². The van der Waals surface area contributed by atoms with Gasteiger partial charge in [0.2, 0.25) is 0 Å². The molecular formula is C15H21N3O3. The van der Waals surface area contributed by atoms with Gasteiger partial charge in [-0.1, -0.05) is 6.92 Å². The molecule has 0 bridgehead atoms. The van der Waals surface area contributed by atoms with E-state index >= 15 is 0 Å². The van der Waals surface area contributed by atoms with Gasteiger partial charge in [0.1, 0.15) is 23.8 Å². The van der Waals surface area contributed by atoms with Crippen LogP contribution in [-0.2, 0) is 20.7 Å². The molecule has 0 aromatic carbocycles. The second-order valence-corrected chi connectivity index (χ2v) is 5.88. The number of ether oxygens (including phenoxy) is 1. The Labute approximate surface area is 124 Å². The number of nitrogens with zero attached hydrogens (tertiary/aromatic N) is 3. The van der Waals surface area contributed by atoms with Crippen LogP contribution in [0.4, 0.5) is 0 Å². The maximum absolute atomic E-state index is 12.2. The summed E-state index contributed by atoms with van der Waals surface area (Å²) in [5.74, 6) is -0.335. The number of carbonyl (C=O) groups is 2. The normalized spacial score (nSPS) is 21.9. The van der Waals surface area contributed by atoms with Crippen LogP contribution in [-0.4, -0.2) is 51.4 Å². The zero-order chi connectivity index (χ0) is 15.5. The molecule has 1 aromatic heterocycles. The summed E-state index contributed by atoms with van der Waals surface area (Å²) in [5.41, 5.74) is 0.168. The summed E-state index contributed by atoms with van der Waals surface area (Å²) in [6.07, 6.45) is 3.39. The van der Waals surface area contributed by atoms with Gasteiger partial charge in [-0.25, -0.2) is 9.97 Å². The second kappa shape index (κ2) is 6.30. The predicted molar refractivity (Wildman–Crippen MR) is 76.6 cm³/mol. The highest BCUT2D eigenvalue weighted by Gasteiger charge is 2.40. The molecule has 6 nitrogen and oxygen atoms in total. The van der Waals surface area contributed by atoms with Crippen molar-refractivity contribution in [1.82, 2.24) is 14.9 Å². The van der Waals surface area contributed by atoms with Gasteiger partial charge in [0.15, 0.2) is 0 Å². The number of carbonyl (C=O) groups excluding carboxylic acids is 2. The molecule has 0 spiro atoms. The van der Waals surface area contributed by atoms with Crippen molar-refractivity contribution in [3.8, 4) is 0 Å². The average molecular weight is 291 g/mol. The van der Waals surface area contributed by atoms with Crippen molar-refractivity contribution < 1.29 is 14.3 Å². The van der Waals surface area contributed by atoms with Gasteiger partial charge < -0.3 is 4.74 Å². The summed E-state index contributed by atoms with van der Waals surface area (Å²) < 4.78 is 5.41. The highest BCUT2D eigenvalue weighted by Crippen LogP contribution is 2.23. The van der Waals surface area contributed by atoms with Crippen LogP contribution in [0.5, 0.6) is 0 Å². The first-order valence-electron chi connectivity index (χ1n) is 7.15. The number of rotatable bonds is 5. The second-order valence-electron chi connectivity index (χ2n) is 5.88. The van der Waals surface area contributed by atoms with Crippen LogP contribution in [0.25, 0.3) is 0 Å². The van der Waals surface area contributed by atoms with Crippen LogP contribution in [0, 0.1) is 0 Å². The van der Waals surface area contributed by atoms with E-state index in [-0.39, 0.29) is 24.6 Å². The number of cyclic esters (lactones) is 1. The lowest BCUT2D eigenvalue weighted by molar-refractivity contribution is -0.178. The molecule has 6 heteroatoms. The van der Waals surface area contributed by atoms with Gasteiger partial charge >= 0.3 is 5.97 Å². The summed E-state index contributed by atoms with van der Waals surface area (Å²) >= 11 is 0. The molecule has 0 N–H and O–H groups in total. The molecule has 0 amide bonds. The Balaban J connectivity index is 2.00. The van der Waals surface area contributed by atoms with Gasteiger partial charge in [0, 0.05) is 25.6 Å². The van der Waals surface area contributed by atoms with Crippen LogP contribution in [0.1, 0.15) is 32.9 Å². The lowest BCUT2D eigenvalue weighted by atomic mass is 9.99. The van der Waals surface area contributed by atoms with E-state index in [2.05, 4.69) is 9.97 Å². The number of likely N-dealkylation sites (N-methyl/N-ethyl adjacent to an activating group) is 1. The summed E-state index contributed by atoms with van der Waals surface area (Å²) in [5, 5.41) is 0. The molecule has 0 saturated carbocycles. The Morgan fingerprint density at radius 2 is 2.29 bits per heavy atom. The summed E-state index contributed by atoms with van der Waals surface area (Å²) in [6, 6.07) is 1.22. The minimum absolute atomic E-state index is 0.0196. The molecule has 0 aliphatic carbocycles. The fourth-order valence-electron chi connectivity index (χ4n) is 2.58. The highest BCUT2D eigenvalue weighted by atomic mass is 16.6. The van der Waals surface area contributed by atoms with E-state index in [1.54, 1.807) is 12.3 Å². The van der Waals surface area contributed by atoms with Gasteiger partial charge in [-0.15, -0.1) is 0 Å². The maximum Gasteiger partial charge on any atom is 0.324 e. The molecule has 21 heavy (non-hydrogen) atoms. The van der Waals surface area contributed by atoms with Crippen LogP contribution in [0.3, 0.4) is 0 Å². The fraction of sp³-hybridized carbons (Fsp3) is 0.600. The molecule has 1 fully saturated rings. The number of ketones is 1. The molecule has 114 valence electrons. The van der Waals surface area contributed by atoms with Crippen molar-refractivity contribution >= 4 is 11.8 Å². The minimum Gasteiger partial charge on any atom is -0.457 e. The van der Waals surface area contributed by atoms with E-state index in [9.17, 15) is 9.59 Å². The predicted octanol–water partition coefficient (Wildman–Crippen LogP) is 1.00. The van der Waals surface area contributed by atoms with Gasteiger partial charge in [0.05, 0.1) is 5.69 Å². The van der Waals surface area contributed by atoms with Crippen LogP contribution < -0.4 is 0 Å². The topological polar surface area (TPSA) is 72.4 Å². The number of morpholine rings is 1. The van der Waals surface area contributed by atoms with Crippen molar-refractivity contribution in [2.75, 3.05) is 13.1 Å². The molecule has 1 aliphatic rings. The molecule has 2 heterocycles. The number of hydrogen-bond donors (Lipinski definition) is 0. The lowest BCUT2D eigenvalue weighted by Crippen LogP contribution is -2.57. The summed E-state index contributed by atoms with van der Waals surface area (Å²) in [7, 11) is 0. The van der Waals surface area contributed by atoms with E-state index in [1.807, 2.05) is 25.7 Å². The maximum atomic E-state index is 12.2. The monoisotopic (exact) mass is 291 g/mol. The molecule has 0 radical (unpaired) electrons. The number of Topliss-reactive ketones (excluding diaryl/α,β-unsaturated/α-hetero) is 1. The molecule has 1 atom stereocenters. The van der Waals surface area contributed by atoms with Crippen molar-refractivity contribution in [3.63, 3.8) is 0 Å². The van der Waals surface area contributed by atoms with Crippen molar-refractivity contribution in [2.45, 2.75) is 45.3 Å². The zero-order valence-corrected chi connectivity index (χ0v) is 12.7. The molecule has 1 unspecified atom stereocenters. The molecular weight excluding hydrogens is 270 g/mol. The Hall–Kier alpha value is -1.82. The van der Waals surface area contributed by atoms with E-state index in [1.165, 1.54) is 6.33 Å². The lowest BCUT2D eigenvalue weighted by Gasteiger charge is -2.41. The molecule has 2 rings (SSSR count). The van der Waals surface area contributed by atoms with E-state index in [0.717, 1.165) is 0 Å². The molecule has 1 aromatic rings. The van der Waals surface area contributed by atoms with Crippen molar-refractivity contribution in [3.05, 3.63) is 24.3 Å². The largest absolute Gasteiger partial charge is 0.457 e. The van der Waals surface area contributed by atoms with Crippen molar-refractivity contribution in [1.29, 1.82) is 0 Å². The number of hydrogen-bond acceptors (Lipinski definition) is 6. The van der Waals surface area contributed by atoms with Crippen molar-refractivity contribution in [2.24, 2.45) is 0 Å². The van der Waals surface area contributed by atoms with Gasteiger partial charge in [-0.2, -0.15) is 0 Å². The van der Waals surface area contributed by atoms with Crippen LogP contribution >= 0.6 is 0 Å². The first-order chi connectivity index (χ1) is 9.91. The quantitative estimate of drug-likeness (QED) is 0.754. The Morgan fingerprint density at radius 1 is 1.52 bits per heavy atom. The third-order valence-corrected chi connectivity index (χ3v) is 3.52. The van der Waals surface area contributed by atoms with Gasteiger partial charge in [0.25, 0.3) is 0 Å².